The van der Waals surface area contributed by atoms with Crippen molar-refractivity contribution in [1.29, 1.82) is 0 Å². The standard InChI is InChI=1S/C15H32N2/c1-13(2)14-6-10-17(11-7-14)9-5-8-15(3,4)12-16/h13-14H,5-12,16H2,1-4H3. The van der Waals surface area contributed by atoms with Gasteiger partial charge in [-0.15, -0.1) is 0 Å². The summed E-state index contributed by atoms with van der Waals surface area (Å²) in [4.78, 5) is 2.64. The van der Waals surface area contributed by atoms with Crippen LogP contribution in [0.4, 0.5) is 0 Å². The Balaban J connectivity index is 2.14. The zero-order chi connectivity index (χ0) is 12.9. The lowest BCUT2D eigenvalue weighted by Crippen LogP contribution is -2.36. The molecule has 2 heteroatoms. The number of hydrogen-bond donors (Lipinski definition) is 1. The molecule has 17 heavy (non-hydrogen) atoms. The van der Waals surface area contributed by atoms with Crippen LogP contribution in [0.2, 0.25) is 0 Å². The van der Waals surface area contributed by atoms with Crippen LogP contribution >= 0.6 is 0 Å². The Hall–Kier alpha value is -0.0800. The van der Waals surface area contributed by atoms with Crippen LogP contribution < -0.4 is 5.73 Å². The number of nitrogens with zero attached hydrogens (tertiary/aromatic N) is 1. The molecule has 0 amide bonds. The van der Waals surface area contributed by atoms with Crippen LogP contribution in [0.25, 0.3) is 0 Å². The van der Waals surface area contributed by atoms with Crippen molar-refractivity contribution in [3.63, 3.8) is 0 Å². The number of rotatable bonds is 6. The second kappa shape index (κ2) is 6.75. The van der Waals surface area contributed by atoms with Gasteiger partial charge in [0.25, 0.3) is 0 Å². The smallest absolute Gasteiger partial charge is 0.00160 e. The monoisotopic (exact) mass is 240 g/mol. The molecule has 0 aromatic rings. The van der Waals surface area contributed by atoms with Gasteiger partial charge in [0.2, 0.25) is 0 Å². The van der Waals surface area contributed by atoms with Gasteiger partial charge in [-0.2, -0.15) is 0 Å². The van der Waals surface area contributed by atoms with Crippen LogP contribution in [0.15, 0.2) is 0 Å². The fraction of sp³-hybridized carbons (Fsp3) is 1.00. The molecule has 0 aromatic carbocycles. The molecule has 1 aliphatic rings. The van der Waals surface area contributed by atoms with E-state index in [1.807, 2.05) is 0 Å². The van der Waals surface area contributed by atoms with Crippen LogP contribution in [0, 0.1) is 17.3 Å². The summed E-state index contributed by atoms with van der Waals surface area (Å²) in [5.74, 6) is 1.83. The topological polar surface area (TPSA) is 29.3 Å². The van der Waals surface area contributed by atoms with Gasteiger partial charge in [0.05, 0.1) is 0 Å². The van der Waals surface area contributed by atoms with Crippen LogP contribution in [0.5, 0.6) is 0 Å². The molecule has 102 valence electrons. The van der Waals surface area contributed by atoms with Gasteiger partial charge in [0, 0.05) is 0 Å². The SMILES string of the molecule is CC(C)C1CCN(CCCC(C)(C)CN)CC1. The molecule has 0 aromatic heterocycles. The van der Waals surface area contributed by atoms with E-state index in [1.165, 1.54) is 45.3 Å². The Labute approximate surface area is 108 Å². The first-order chi connectivity index (χ1) is 7.94. The van der Waals surface area contributed by atoms with E-state index in [4.69, 9.17) is 5.73 Å². The maximum absolute atomic E-state index is 5.76. The Kier molecular flexibility index (Phi) is 5.94. The Morgan fingerprint density at radius 3 is 2.29 bits per heavy atom. The minimum atomic E-state index is 0.330. The fourth-order valence-corrected chi connectivity index (χ4v) is 2.73. The van der Waals surface area contributed by atoms with Crippen molar-refractivity contribution in [2.45, 2.75) is 53.4 Å². The van der Waals surface area contributed by atoms with E-state index in [0.717, 1.165) is 18.4 Å². The van der Waals surface area contributed by atoms with Gasteiger partial charge < -0.3 is 10.6 Å². The molecule has 2 N–H and O–H groups in total. The Bertz CT molecular complexity index is 203. The second-order valence-electron chi connectivity index (χ2n) is 6.89. The third kappa shape index (κ3) is 5.39. The van der Waals surface area contributed by atoms with Crippen LogP contribution in [-0.4, -0.2) is 31.1 Å². The van der Waals surface area contributed by atoms with Crippen molar-refractivity contribution in [2.75, 3.05) is 26.2 Å². The summed E-state index contributed by atoms with van der Waals surface area (Å²) in [6.07, 6.45) is 5.36. The summed E-state index contributed by atoms with van der Waals surface area (Å²) in [7, 11) is 0. The van der Waals surface area contributed by atoms with Crippen molar-refractivity contribution in [2.24, 2.45) is 23.0 Å². The van der Waals surface area contributed by atoms with E-state index in [0.29, 0.717) is 5.41 Å². The predicted molar refractivity (Wildman–Crippen MR) is 76.1 cm³/mol. The summed E-state index contributed by atoms with van der Waals surface area (Å²) in [5, 5.41) is 0. The highest BCUT2D eigenvalue weighted by Crippen LogP contribution is 2.25. The molecule has 1 heterocycles. The van der Waals surface area contributed by atoms with E-state index >= 15 is 0 Å². The quantitative estimate of drug-likeness (QED) is 0.773. The molecule has 0 spiro atoms. The molecular weight excluding hydrogens is 208 g/mol. The van der Waals surface area contributed by atoms with Crippen LogP contribution in [-0.2, 0) is 0 Å². The molecule has 0 radical (unpaired) electrons. The predicted octanol–water partition coefficient (Wildman–Crippen LogP) is 3.12. The van der Waals surface area contributed by atoms with Gasteiger partial charge in [-0.05, 0) is 69.1 Å². The van der Waals surface area contributed by atoms with Gasteiger partial charge in [0.15, 0.2) is 0 Å². The second-order valence-corrected chi connectivity index (χ2v) is 6.89. The van der Waals surface area contributed by atoms with Crippen LogP contribution in [0.1, 0.15) is 53.4 Å². The van der Waals surface area contributed by atoms with Crippen molar-refractivity contribution in [3.05, 3.63) is 0 Å². The normalized spacial score (nSPS) is 20.1. The zero-order valence-corrected chi connectivity index (χ0v) is 12.3. The van der Waals surface area contributed by atoms with Gasteiger partial charge in [-0.25, -0.2) is 0 Å². The molecule has 0 saturated carbocycles. The Morgan fingerprint density at radius 2 is 1.82 bits per heavy atom. The van der Waals surface area contributed by atoms with Crippen LogP contribution in [0.3, 0.4) is 0 Å². The van der Waals surface area contributed by atoms with Crippen molar-refractivity contribution in [1.82, 2.24) is 4.90 Å². The van der Waals surface area contributed by atoms with Crippen molar-refractivity contribution >= 4 is 0 Å². The lowest BCUT2D eigenvalue weighted by molar-refractivity contribution is 0.150. The lowest BCUT2D eigenvalue weighted by Gasteiger charge is -2.34. The summed E-state index contributed by atoms with van der Waals surface area (Å²) in [5.41, 5.74) is 6.09. The van der Waals surface area contributed by atoms with Gasteiger partial charge in [0.1, 0.15) is 0 Å². The average molecular weight is 240 g/mol. The number of piperidine rings is 1. The van der Waals surface area contributed by atoms with E-state index in [2.05, 4.69) is 32.6 Å². The number of hydrogen-bond acceptors (Lipinski definition) is 2. The summed E-state index contributed by atoms with van der Waals surface area (Å²) in [6, 6.07) is 0. The maximum Gasteiger partial charge on any atom is -0.00160 e. The lowest BCUT2D eigenvalue weighted by atomic mass is 9.86. The number of likely N-dealkylation sites (tertiary alicyclic amines) is 1. The third-order valence-electron chi connectivity index (χ3n) is 4.46. The average Bonchev–Trinajstić information content (AvgIpc) is 2.29. The van der Waals surface area contributed by atoms with E-state index in [1.54, 1.807) is 0 Å². The molecule has 1 rings (SSSR count). The van der Waals surface area contributed by atoms with E-state index in [9.17, 15) is 0 Å². The van der Waals surface area contributed by atoms with Crippen molar-refractivity contribution < 1.29 is 0 Å². The molecule has 1 saturated heterocycles. The highest BCUT2D eigenvalue weighted by atomic mass is 15.1. The summed E-state index contributed by atoms with van der Waals surface area (Å²) >= 11 is 0. The molecule has 0 atom stereocenters. The van der Waals surface area contributed by atoms with E-state index < -0.39 is 0 Å². The first-order valence-electron chi connectivity index (χ1n) is 7.37. The summed E-state index contributed by atoms with van der Waals surface area (Å²) < 4.78 is 0. The summed E-state index contributed by atoms with van der Waals surface area (Å²) in [6.45, 7) is 14.0. The highest BCUT2D eigenvalue weighted by molar-refractivity contribution is 4.75. The molecule has 0 bridgehead atoms. The van der Waals surface area contributed by atoms with Gasteiger partial charge in [-0.3, -0.25) is 0 Å². The van der Waals surface area contributed by atoms with Crippen molar-refractivity contribution in [3.8, 4) is 0 Å². The first-order valence-corrected chi connectivity index (χ1v) is 7.37. The van der Waals surface area contributed by atoms with Gasteiger partial charge in [-0.1, -0.05) is 27.7 Å². The largest absolute Gasteiger partial charge is 0.330 e. The number of nitrogens with two attached hydrogens (primary N) is 1. The minimum absolute atomic E-state index is 0.330. The van der Waals surface area contributed by atoms with E-state index in [-0.39, 0.29) is 0 Å². The molecule has 2 nitrogen and oxygen atoms in total. The minimum Gasteiger partial charge on any atom is -0.330 e. The van der Waals surface area contributed by atoms with Gasteiger partial charge >= 0.3 is 0 Å². The molecule has 1 aliphatic heterocycles. The zero-order valence-electron chi connectivity index (χ0n) is 12.3. The molecule has 1 fully saturated rings. The first kappa shape index (κ1) is 15.0. The Morgan fingerprint density at radius 1 is 1.24 bits per heavy atom. The molecule has 0 aliphatic carbocycles. The molecule has 0 unspecified atom stereocenters. The highest BCUT2D eigenvalue weighted by Gasteiger charge is 2.22. The molecular formula is C15H32N2. The fourth-order valence-electron chi connectivity index (χ4n) is 2.73. The third-order valence-corrected chi connectivity index (χ3v) is 4.46. The maximum atomic E-state index is 5.76.